The summed E-state index contributed by atoms with van der Waals surface area (Å²) in [6.45, 7) is 12.1. The largest absolute Gasteiger partial charge is 0.508 e. The number of carbonyl (C=O) groups is 5. The van der Waals surface area contributed by atoms with Gasteiger partial charge in [0.2, 0.25) is 11.8 Å². The molecule has 4 aromatic rings. The van der Waals surface area contributed by atoms with Crippen LogP contribution in [-0.2, 0) is 59.4 Å². The minimum Gasteiger partial charge on any atom is -0.508 e. The third-order valence-electron chi connectivity index (χ3n) is 13.6. The molecule has 5 heterocycles. The number of likely N-dealkylation sites (N-methyl/N-ethyl adjacent to an activating group) is 1. The lowest BCUT2D eigenvalue weighted by Gasteiger charge is -2.42. The van der Waals surface area contributed by atoms with Crippen LogP contribution in [0, 0.1) is 11.3 Å². The first-order valence-electron chi connectivity index (χ1n) is 23.1. The minimum absolute atomic E-state index is 0.00400. The van der Waals surface area contributed by atoms with Gasteiger partial charge in [0.25, 0.3) is 11.8 Å². The molecule has 1 unspecified atom stereocenters. The van der Waals surface area contributed by atoms with Crippen molar-refractivity contribution in [3.05, 3.63) is 71.5 Å². The van der Waals surface area contributed by atoms with E-state index in [1.807, 2.05) is 24.4 Å². The SMILES string of the molecule is CCn1c(-c2cnccc2COC)c2c3cc(ccc31)-c1cc(O)cc(c1)C[C@H](NC(=O)[C@H](C(C)C)N(C)C(=O)C1(O)CCN(C(C)=O)C1)C(=O)N1CCC[C@@](C(=O)O)(COCC(C)(C)C2)N1. The Bertz CT molecular complexity index is 2560. The molecule has 6 bridgehead atoms. The first-order valence-corrected chi connectivity index (χ1v) is 23.1. The zero-order valence-corrected chi connectivity index (χ0v) is 39.8. The molecule has 0 radical (unpaired) electrons. The molecule has 2 aromatic heterocycles. The number of phenolic OH excluding ortho intramolecular Hbond substituents is 1. The van der Waals surface area contributed by atoms with Gasteiger partial charge in [-0.15, -0.1) is 0 Å². The van der Waals surface area contributed by atoms with Crippen molar-refractivity contribution in [3.8, 4) is 28.1 Å². The topological polar surface area (TPSA) is 216 Å². The van der Waals surface area contributed by atoms with Crippen molar-refractivity contribution in [2.75, 3.05) is 47.0 Å². The van der Waals surface area contributed by atoms with Crippen LogP contribution in [0.3, 0.4) is 0 Å². The zero-order chi connectivity index (χ0) is 48.6. The van der Waals surface area contributed by atoms with Crippen molar-refractivity contribution < 1.29 is 48.8 Å². The fourth-order valence-electron chi connectivity index (χ4n) is 10.2. The predicted octanol–water partition coefficient (Wildman–Crippen LogP) is 4.29. The molecule has 3 aliphatic heterocycles. The average Bonchev–Trinajstić information content (AvgIpc) is 3.83. The Morgan fingerprint density at radius 2 is 1.82 bits per heavy atom. The Balaban J connectivity index is 1.34. The van der Waals surface area contributed by atoms with E-state index in [0.29, 0.717) is 37.1 Å². The summed E-state index contributed by atoms with van der Waals surface area (Å²) in [5.74, 6) is -4.09. The van der Waals surface area contributed by atoms with Gasteiger partial charge >= 0.3 is 5.97 Å². The van der Waals surface area contributed by atoms with E-state index in [0.717, 1.165) is 38.9 Å². The number of rotatable bonds is 10. The molecule has 5 N–H and O–H groups in total. The second kappa shape index (κ2) is 19.4. The molecule has 17 heteroatoms. The second-order valence-corrected chi connectivity index (χ2v) is 19.7. The van der Waals surface area contributed by atoms with Crippen molar-refractivity contribution in [3.63, 3.8) is 0 Å². The van der Waals surface area contributed by atoms with Crippen molar-refractivity contribution >= 4 is 40.5 Å². The highest BCUT2D eigenvalue weighted by Gasteiger charge is 2.49. The van der Waals surface area contributed by atoms with Crippen LogP contribution in [0.1, 0.15) is 77.5 Å². The number of nitrogens with zero attached hydrogens (tertiary/aromatic N) is 5. The molecule has 2 aromatic carbocycles. The second-order valence-electron chi connectivity index (χ2n) is 19.7. The maximum Gasteiger partial charge on any atom is 0.328 e. The number of carboxylic acids is 1. The molecule has 67 heavy (non-hydrogen) atoms. The Labute approximate surface area is 391 Å². The van der Waals surface area contributed by atoms with Gasteiger partial charge in [-0.1, -0.05) is 39.8 Å². The molecule has 2 saturated heterocycles. The molecule has 7 rings (SSSR count). The molecule has 4 atom stereocenters. The van der Waals surface area contributed by atoms with Crippen molar-refractivity contribution in [1.29, 1.82) is 0 Å². The van der Waals surface area contributed by atoms with Crippen molar-refractivity contribution in [2.24, 2.45) is 11.3 Å². The number of hydrazine groups is 1. The number of aliphatic hydroxyl groups is 1. The summed E-state index contributed by atoms with van der Waals surface area (Å²) < 4.78 is 14.3. The average molecular weight is 924 g/mol. The van der Waals surface area contributed by atoms with Gasteiger partial charge in [-0.25, -0.2) is 5.43 Å². The third kappa shape index (κ3) is 9.91. The maximum absolute atomic E-state index is 14.9. The van der Waals surface area contributed by atoms with Crippen LogP contribution < -0.4 is 10.7 Å². The predicted molar refractivity (Wildman–Crippen MR) is 250 cm³/mol. The number of pyridine rings is 1. The lowest BCUT2D eigenvalue weighted by molar-refractivity contribution is -0.161. The monoisotopic (exact) mass is 923 g/mol. The Morgan fingerprint density at radius 3 is 2.49 bits per heavy atom. The number of carbonyl (C=O) groups excluding carboxylic acids is 4. The van der Waals surface area contributed by atoms with Gasteiger partial charge in [0, 0.05) is 82.4 Å². The van der Waals surface area contributed by atoms with Gasteiger partial charge < -0.3 is 44.5 Å². The van der Waals surface area contributed by atoms with Crippen LogP contribution in [0.4, 0.5) is 0 Å². The standard InChI is InChI=1S/C50H65N7O10/c1-9-56-41-12-11-33-23-37(41)38(43(56)39-25-51-16-13-34(39)26-66-8)24-48(5,6)28-67-29-49(47(63)64)14-10-17-57(53-49)45(61)40(21-32-19-35(33)22-36(59)20-32)52-44(60)42(30(2)3)54(7)46(62)50(65)15-18-55(27-50)31(4)58/h11-13,16,19-20,22-23,25,30,40,42,53,59,65H,9-10,14-15,17-18,21,24,26-29H2,1-8H3,(H,52,60)(H,63,64)/t40-,42-,49-,50?/m0/s1. The lowest BCUT2D eigenvalue weighted by Crippen LogP contribution is -2.68. The van der Waals surface area contributed by atoms with E-state index in [1.165, 1.54) is 34.8 Å². The molecular weight excluding hydrogens is 859 g/mol. The van der Waals surface area contributed by atoms with E-state index >= 15 is 0 Å². The molecule has 0 spiro atoms. The zero-order valence-electron chi connectivity index (χ0n) is 39.8. The highest BCUT2D eigenvalue weighted by Crippen LogP contribution is 2.41. The molecule has 3 aliphatic rings. The number of nitrogens with one attached hydrogen (secondary N) is 2. The van der Waals surface area contributed by atoms with Crippen LogP contribution in [0.25, 0.3) is 33.3 Å². The number of ether oxygens (including phenoxy) is 2. The number of likely N-dealkylation sites (tertiary alicyclic amines) is 1. The number of methoxy groups -OCH3 is 1. The number of hydrogen-bond acceptors (Lipinski definition) is 11. The summed E-state index contributed by atoms with van der Waals surface area (Å²) in [6.07, 6.45) is 4.49. The number of hydrogen-bond donors (Lipinski definition) is 5. The number of aryl methyl sites for hydroxylation is 1. The van der Waals surface area contributed by atoms with E-state index in [2.05, 4.69) is 53.2 Å². The summed E-state index contributed by atoms with van der Waals surface area (Å²) >= 11 is 0. The third-order valence-corrected chi connectivity index (χ3v) is 13.6. The van der Waals surface area contributed by atoms with E-state index in [-0.39, 0.29) is 63.8 Å². The fourth-order valence-corrected chi connectivity index (χ4v) is 10.2. The number of β-amino-alcohol motifs (C(OH)–C–C–N with tert-alkyl or cyclic N) is 1. The summed E-state index contributed by atoms with van der Waals surface area (Å²) in [5, 5.41) is 38.7. The number of aromatic hydroxyl groups is 1. The number of phenols is 1. The van der Waals surface area contributed by atoms with Crippen LogP contribution in [0.5, 0.6) is 5.75 Å². The highest BCUT2D eigenvalue weighted by molar-refractivity contribution is 5.97. The van der Waals surface area contributed by atoms with E-state index in [4.69, 9.17) is 9.47 Å². The highest BCUT2D eigenvalue weighted by atomic mass is 16.5. The van der Waals surface area contributed by atoms with E-state index in [9.17, 15) is 39.3 Å². The minimum atomic E-state index is -1.91. The number of aliphatic carboxylic acids is 1. The smallest absolute Gasteiger partial charge is 0.328 e. The molecule has 2 fully saturated rings. The van der Waals surface area contributed by atoms with E-state index < -0.39 is 58.2 Å². The number of amides is 4. The number of fused-ring (bicyclic) bond motifs is 6. The van der Waals surface area contributed by atoms with E-state index in [1.54, 1.807) is 33.2 Å². The Kier molecular flexibility index (Phi) is 14.2. The van der Waals surface area contributed by atoms with Gasteiger partial charge in [0.15, 0.2) is 11.1 Å². The molecule has 0 aliphatic carbocycles. The number of benzene rings is 2. The van der Waals surface area contributed by atoms with Gasteiger partial charge in [0.1, 0.15) is 17.8 Å². The van der Waals surface area contributed by atoms with Gasteiger partial charge in [-0.05, 0) is 95.7 Å². The van der Waals surface area contributed by atoms with Crippen LogP contribution in [-0.4, -0.2) is 140 Å². The van der Waals surface area contributed by atoms with Gasteiger partial charge in [-0.3, -0.25) is 34.0 Å². The first kappa shape index (κ1) is 49.0. The van der Waals surface area contributed by atoms with Gasteiger partial charge in [-0.2, -0.15) is 0 Å². The molecule has 360 valence electrons. The first-order chi connectivity index (χ1) is 31.7. The Morgan fingerprint density at radius 1 is 1.06 bits per heavy atom. The molecule has 4 amide bonds. The summed E-state index contributed by atoms with van der Waals surface area (Å²) in [5.41, 5.74) is 5.74. The van der Waals surface area contributed by atoms with Gasteiger partial charge in [0.05, 0.1) is 32.1 Å². The van der Waals surface area contributed by atoms with Crippen LogP contribution in [0.2, 0.25) is 0 Å². The quantitative estimate of drug-likeness (QED) is 0.151. The number of carboxylic acid groups (broad SMARTS) is 1. The number of aromatic nitrogens is 2. The van der Waals surface area contributed by atoms with Crippen LogP contribution in [0.15, 0.2) is 54.9 Å². The summed E-state index contributed by atoms with van der Waals surface area (Å²) in [7, 11) is 3.07. The molecule has 0 saturated carbocycles. The summed E-state index contributed by atoms with van der Waals surface area (Å²) in [4.78, 5) is 75.8. The maximum atomic E-state index is 14.9. The van der Waals surface area contributed by atoms with Crippen molar-refractivity contribution in [1.82, 2.24) is 35.1 Å². The van der Waals surface area contributed by atoms with Crippen molar-refractivity contribution in [2.45, 2.75) is 110 Å². The lowest BCUT2D eigenvalue weighted by atomic mass is 9.84. The molecular formula is C50H65N7O10. The fraction of sp³-hybridized carbons (Fsp3) is 0.520. The van der Waals surface area contributed by atoms with Crippen LogP contribution >= 0.6 is 0 Å². The molecule has 17 nitrogen and oxygen atoms in total. The summed E-state index contributed by atoms with van der Waals surface area (Å²) in [6, 6.07) is 10.7. The normalized spacial score (nSPS) is 22.7. The Hall–Kier alpha value is -5.88.